The summed E-state index contributed by atoms with van der Waals surface area (Å²) in [6.45, 7) is 5.27. The van der Waals surface area contributed by atoms with Crippen molar-refractivity contribution in [1.82, 2.24) is 20.9 Å². The van der Waals surface area contributed by atoms with Gasteiger partial charge in [-0.2, -0.15) is 0 Å². The van der Waals surface area contributed by atoms with E-state index in [0.29, 0.717) is 24.0 Å². The Bertz CT molecular complexity index is 1280. The highest BCUT2D eigenvalue weighted by Gasteiger charge is 2.35. The van der Waals surface area contributed by atoms with E-state index in [1.807, 2.05) is 44.2 Å². The highest BCUT2D eigenvalue weighted by molar-refractivity contribution is 8.14. The molecule has 0 saturated heterocycles. The number of nitrogens with zero attached hydrogens (tertiary/aromatic N) is 1. The molecule has 2 aromatic carbocycles. The van der Waals surface area contributed by atoms with Gasteiger partial charge in [-0.25, -0.2) is 0 Å². The second-order valence-electron chi connectivity index (χ2n) is 10.6. The van der Waals surface area contributed by atoms with Crippen molar-refractivity contribution in [1.29, 1.82) is 0 Å². The van der Waals surface area contributed by atoms with Crippen LogP contribution in [0.3, 0.4) is 0 Å². The van der Waals surface area contributed by atoms with Gasteiger partial charge in [-0.1, -0.05) is 68.1 Å². The van der Waals surface area contributed by atoms with Gasteiger partial charge in [0, 0.05) is 26.9 Å². The van der Waals surface area contributed by atoms with Crippen LogP contribution in [0.5, 0.6) is 0 Å². The predicted molar refractivity (Wildman–Crippen MR) is 161 cm³/mol. The summed E-state index contributed by atoms with van der Waals surface area (Å²) in [7, 11) is 1.49. The van der Waals surface area contributed by atoms with Crippen LogP contribution in [0.1, 0.15) is 66.3 Å². The first-order chi connectivity index (χ1) is 20.0. The number of hydrogen-bond donors (Lipinski definition) is 3. The van der Waals surface area contributed by atoms with Gasteiger partial charge in [0.15, 0.2) is 5.12 Å². The zero-order valence-corrected chi connectivity index (χ0v) is 25.2. The van der Waals surface area contributed by atoms with E-state index in [4.69, 9.17) is 0 Å². The summed E-state index contributed by atoms with van der Waals surface area (Å²) in [5.74, 6) is -2.09. The number of imide groups is 1. The van der Waals surface area contributed by atoms with E-state index < -0.39 is 29.1 Å². The van der Waals surface area contributed by atoms with E-state index in [2.05, 4.69) is 16.0 Å². The molecule has 11 heteroatoms. The van der Waals surface area contributed by atoms with Crippen LogP contribution in [0, 0.1) is 5.92 Å². The quantitative estimate of drug-likeness (QED) is 0.286. The van der Waals surface area contributed by atoms with Gasteiger partial charge in [0.05, 0.1) is 16.4 Å². The maximum Gasteiger partial charge on any atom is 0.261 e. The Balaban J connectivity index is 1.67. The maximum absolute atomic E-state index is 13.4. The third kappa shape index (κ3) is 8.75. The molecule has 0 saturated carbocycles. The molecule has 0 fully saturated rings. The normalized spacial score (nSPS) is 14.6. The molecule has 2 unspecified atom stereocenters. The lowest BCUT2D eigenvalue weighted by atomic mass is 10.0. The fourth-order valence-corrected chi connectivity index (χ4v) is 5.65. The number of carbonyl (C=O) groups is 6. The molecule has 2 aromatic rings. The van der Waals surface area contributed by atoms with Crippen LogP contribution in [-0.4, -0.2) is 70.5 Å². The molecule has 0 aromatic heterocycles. The van der Waals surface area contributed by atoms with Crippen molar-refractivity contribution in [3.63, 3.8) is 0 Å². The molecule has 1 heterocycles. The molecule has 3 atom stereocenters. The summed E-state index contributed by atoms with van der Waals surface area (Å²) in [4.78, 5) is 77.9. The number of benzene rings is 2. The smallest absolute Gasteiger partial charge is 0.261 e. The number of thioether (sulfide) groups is 1. The first-order valence-electron chi connectivity index (χ1n) is 14.0. The molecule has 3 N–H and O–H groups in total. The molecule has 5 amide bonds. The van der Waals surface area contributed by atoms with E-state index in [1.165, 1.54) is 14.0 Å². The molecule has 224 valence electrons. The second kappa shape index (κ2) is 15.3. The van der Waals surface area contributed by atoms with Crippen molar-refractivity contribution in [3.05, 3.63) is 71.3 Å². The Morgan fingerprint density at radius 3 is 1.93 bits per heavy atom. The average Bonchev–Trinajstić information content (AvgIpc) is 3.20. The summed E-state index contributed by atoms with van der Waals surface area (Å²) >= 11 is 0.841. The SMILES string of the molecule is CNC(=O)[C@H](Cc1ccccc1)NC(=O)C(CC(C)C)NC(=O)C(CCCN1C(=O)c2ccccc2C1=O)SC(C)=O. The van der Waals surface area contributed by atoms with E-state index >= 15 is 0 Å². The van der Waals surface area contributed by atoms with Crippen LogP contribution in [-0.2, 0) is 25.6 Å². The summed E-state index contributed by atoms with van der Waals surface area (Å²) in [6, 6.07) is 14.1. The number of likely N-dealkylation sites (N-methyl/N-ethyl adjacent to an activating group) is 1. The van der Waals surface area contributed by atoms with Crippen LogP contribution < -0.4 is 16.0 Å². The fourth-order valence-electron chi connectivity index (χ4n) is 4.79. The summed E-state index contributed by atoms with van der Waals surface area (Å²) in [5.41, 5.74) is 1.56. The van der Waals surface area contributed by atoms with E-state index in [9.17, 15) is 28.8 Å². The molecule has 0 radical (unpaired) electrons. The minimum Gasteiger partial charge on any atom is -0.357 e. The van der Waals surface area contributed by atoms with E-state index in [0.717, 1.165) is 22.2 Å². The van der Waals surface area contributed by atoms with Crippen molar-refractivity contribution >= 4 is 46.4 Å². The topological polar surface area (TPSA) is 142 Å². The van der Waals surface area contributed by atoms with Crippen LogP contribution in [0.15, 0.2) is 54.6 Å². The molecular weight excluding hydrogens is 556 g/mol. The number of hydrogen-bond acceptors (Lipinski definition) is 7. The van der Waals surface area contributed by atoms with E-state index in [-0.39, 0.29) is 48.1 Å². The number of fused-ring (bicyclic) bond motifs is 1. The number of rotatable bonds is 14. The van der Waals surface area contributed by atoms with Gasteiger partial charge in [-0.05, 0) is 42.9 Å². The predicted octanol–water partition coefficient (Wildman–Crippen LogP) is 2.72. The molecule has 10 nitrogen and oxygen atoms in total. The van der Waals surface area contributed by atoms with Crippen molar-refractivity contribution in [2.24, 2.45) is 5.92 Å². The largest absolute Gasteiger partial charge is 0.357 e. The monoisotopic (exact) mass is 594 g/mol. The lowest BCUT2D eigenvalue weighted by molar-refractivity contribution is -0.132. The Labute approximate surface area is 250 Å². The summed E-state index contributed by atoms with van der Waals surface area (Å²) in [6.07, 6.45) is 1.08. The minimum absolute atomic E-state index is 0.0429. The molecule has 3 rings (SSSR count). The van der Waals surface area contributed by atoms with Gasteiger partial charge in [0.25, 0.3) is 11.8 Å². The molecule has 0 bridgehead atoms. The van der Waals surface area contributed by atoms with Crippen LogP contribution in [0.4, 0.5) is 0 Å². The Hall–Kier alpha value is -3.99. The highest BCUT2D eigenvalue weighted by atomic mass is 32.2. The maximum atomic E-state index is 13.4. The van der Waals surface area contributed by atoms with Crippen molar-refractivity contribution in [3.8, 4) is 0 Å². The Morgan fingerprint density at radius 1 is 0.810 bits per heavy atom. The molecule has 1 aliphatic heterocycles. The Kier molecular flexibility index (Phi) is 11.8. The molecule has 0 spiro atoms. The lowest BCUT2D eigenvalue weighted by Gasteiger charge is -2.25. The van der Waals surface area contributed by atoms with Crippen molar-refractivity contribution in [2.45, 2.75) is 63.8 Å². The zero-order valence-electron chi connectivity index (χ0n) is 24.3. The molecule has 42 heavy (non-hydrogen) atoms. The first-order valence-corrected chi connectivity index (χ1v) is 14.9. The van der Waals surface area contributed by atoms with Gasteiger partial charge >= 0.3 is 0 Å². The zero-order chi connectivity index (χ0) is 30.8. The minimum atomic E-state index is -0.938. The van der Waals surface area contributed by atoms with Gasteiger partial charge < -0.3 is 16.0 Å². The van der Waals surface area contributed by atoms with Gasteiger partial charge in [-0.3, -0.25) is 33.7 Å². The number of nitrogens with one attached hydrogen (secondary N) is 3. The first kappa shape index (κ1) is 32.5. The highest BCUT2D eigenvalue weighted by Crippen LogP contribution is 2.24. The third-order valence-electron chi connectivity index (χ3n) is 6.83. The van der Waals surface area contributed by atoms with Crippen molar-refractivity contribution < 1.29 is 28.8 Å². The standard InChI is InChI=1S/C31H38N4O6S/c1-19(2)17-24(28(38)33-25(27(37)32-4)18-21-11-6-5-7-12-21)34-29(39)26(42-20(3)36)15-10-16-35-30(40)22-13-8-9-14-23(22)31(35)41/h5-9,11-14,19,24-26H,10,15-18H2,1-4H3,(H,32,37)(H,33,38)(H,34,39)/t24?,25-,26?/m0/s1. The summed E-state index contributed by atoms with van der Waals surface area (Å²) < 4.78 is 0. The Morgan fingerprint density at radius 2 is 1.38 bits per heavy atom. The lowest BCUT2D eigenvalue weighted by Crippen LogP contribution is -2.55. The van der Waals surface area contributed by atoms with E-state index in [1.54, 1.807) is 24.3 Å². The van der Waals surface area contributed by atoms with Crippen molar-refractivity contribution in [2.75, 3.05) is 13.6 Å². The fraction of sp³-hybridized carbons (Fsp3) is 0.419. The number of carbonyl (C=O) groups excluding carboxylic acids is 6. The molecule has 0 aliphatic carbocycles. The van der Waals surface area contributed by atoms with Gasteiger partial charge in [0.1, 0.15) is 12.1 Å². The van der Waals surface area contributed by atoms with Crippen LogP contribution in [0.25, 0.3) is 0 Å². The number of amides is 5. The van der Waals surface area contributed by atoms with Crippen LogP contribution >= 0.6 is 11.8 Å². The third-order valence-corrected chi connectivity index (χ3v) is 7.90. The van der Waals surface area contributed by atoms with Gasteiger partial charge in [0.2, 0.25) is 17.7 Å². The average molecular weight is 595 g/mol. The second-order valence-corrected chi connectivity index (χ2v) is 12.0. The molecular formula is C31H38N4O6S. The van der Waals surface area contributed by atoms with Crippen LogP contribution in [0.2, 0.25) is 0 Å². The van der Waals surface area contributed by atoms with Gasteiger partial charge in [-0.15, -0.1) is 0 Å². The molecule has 1 aliphatic rings. The summed E-state index contributed by atoms with van der Waals surface area (Å²) in [5, 5.41) is 7.04.